The molecule has 0 spiro atoms. The smallest absolute Gasteiger partial charge is 0.124 e. The van der Waals surface area contributed by atoms with E-state index in [1.54, 1.807) is 0 Å². The fraction of sp³-hybridized carbons (Fsp3) is 0.500. The van der Waals surface area contributed by atoms with Gasteiger partial charge in [-0.2, -0.15) is 0 Å². The van der Waals surface area contributed by atoms with Crippen LogP contribution < -0.4 is 0 Å². The molecule has 1 saturated heterocycles. The number of nitrogens with one attached hydrogen (secondary N) is 1. The predicted molar refractivity (Wildman–Crippen MR) is 74.9 cm³/mol. The van der Waals surface area contributed by atoms with E-state index in [4.69, 9.17) is 16.6 Å². The molecule has 2 atom stereocenters. The van der Waals surface area contributed by atoms with Crippen molar-refractivity contribution in [3.05, 3.63) is 29.0 Å². The largest absolute Gasteiger partial charge is 0.341 e. The Labute approximate surface area is 112 Å². The van der Waals surface area contributed by atoms with Crippen LogP contribution in [0.2, 0.25) is 5.02 Å². The van der Waals surface area contributed by atoms with Crippen molar-refractivity contribution < 1.29 is 0 Å². The molecular weight excluding hydrogens is 246 g/mol. The van der Waals surface area contributed by atoms with Gasteiger partial charge in [-0.15, -0.1) is 0 Å². The minimum atomic E-state index is 0.403. The van der Waals surface area contributed by atoms with Crippen LogP contribution in [0.4, 0.5) is 0 Å². The fourth-order valence-corrected chi connectivity index (χ4v) is 2.91. The molecule has 1 aliphatic rings. The van der Waals surface area contributed by atoms with Crippen LogP contribution in [0.25, 0.3) is 11.0 Å². The molecule has 2 heterocycles. The highest BCUT2D eigenvalue weighted by molar-refractivity contribution is 6.31. The molecule has 0 saturated carbocycles. The highest BCUT2D eigenvalue weighted by atomic mass is 35.5. The third-order valence-corrected chi connectivity index (χ3v) is 4.15. The summed E-state index contributed by atoms with van der Waals surface area (Å²) in [6.07, 6.45) is 2.45. The van der Waals surface area contributed by atoms with Crippen molar-refractivity contribution >= 4 is 22.6 Å². The molecule has 3 rings (SSSR count). The fourth-order valence-electron chi connectivity index (χ4n) is 2.74. The Morgan fingerprint density at radius 2 is 2.28 bits per heavy atom. The molecule has 1 N–H and O–H groups in total. The van der Waals surface area contributed by atoms with Crippen LogP contribution in [-0.2, 0) is 0 Å². The molecule has 3 nitrogen and oxygen atoms in total. The van der Waals surface area contributed by atoms with Crippen molar-refractivity contribution in [2.75, 3.05) is 13.6 Å². The Balaban J connectivity index is 1.97. The predicted octanol–water partition coefficient (Wildman–Crippen LogP) is 3.62. The summed E-state index contributed by atoms with van der Waals surface area (Å²) in [5.41, 5.74) is 2.03. The molecule has 0 amide bonds. The molecule has 4 heteroatoms. The SMILES string of the molecule is CC1CCN(C)[C@@H](c2nc3ccc(Cl)cc3[nH]2)C1. The average Bonchev–Trinajstić information content (AvgIpc) is 2.74. The molecule has 1 fully saturated rings. The summed E-state index contributed by atoms with van der Waals surface area (Å²) in [4.78, 5) is 10.5. The third-order valence-electron chi connectivity index (χ3n) is 3.91. The number of rotatable bonds is 1. The van der Waals surface area contributed by atoms with E-state index in [2.05, 4.69) is 23.9 Å². The van der Waals surface area contributed by atoms with Crippen LogP contribution in [0.15, 0.2) is 18.2 Å². The number of benzene rings is 1. The molecule has 0 radical (unpaired) electrons. The van der Waals surface area contributed by atoms with Gasteiger partial charge in [-0.3, -0.25) is 4.90 Å². The van der Waals surface area contributed by atoms with Crippen molar-refractivity contribution in [1.29, 1.82) is 0 Å². The molecule has 18 heavy (non-hydrogen) atoms. The number of aromatic amines is 1. The second-order valence-electron chi connectivity index (χ2n) is 5.41. The zero-order valence-corrected chi connectivity index (χ0v) is 11.5. The van der Waals surface area contributed by atoms with Crippen molar-refractivity contribution in [2.45, 2.75) is 25.8 Å². The number of halogens is 1. The minimum absolute atomic E-state index is 0.403. The van der Waals surface area contributed by atoms with Gasteiger partial charge in [-0.1, -0.05) is 18.5 Å². The van der Waals surface area contributed by atoms with Gasteiger partial charge in [0.05, 0.1) is 17.1 Å². The maximum Gasteiger partial charge on any atom is 0.124 e. The van der Waals surface area contributed by atoms with Crippen LogP contribution >= 0.6 is 11.6 Å². The number of likely N-dealkylation sites (tertiary alicyclic amines) is 1. The summed E-state index contributed by atoms with van der Waals surface area (Å²) in [6.45, 7) is 3.46. The second-order valence-corrected chi connectivity index (χ2v) is 5.85. The lowest BCUT2D eigenvalue weighted by Gasteiger charge is -2.34. The van der Waals surface area contributed by atoms with Gasteiger partial charge in [0.1, 0.15) is 5.82 Å². The first-order valence-corrected chi connectivity index (χ1v) is 6.86. The molecule has 0 bridgehead atoms. The van der Waals surface area contributed by atoms with E-state index in [9.17, 15) is 0 Å². The Morgan fingerprint density at radius 3 is 3.11 bits per heavy atom. The summed E-state index contributed by atoms with van der Waals surface area (Å²) in [5.74, 6) is 1.84. The van der Waals surface area contributed by atoms with E-state index in [0.29, 0.717) is 6.04 Å². The lowest BCUT2D eigenvalue weighted by Crippen LogP contribution is -2.33. The third kappa shape index (κ3) is 2.13. The number of H-pyrrole nitrogens is 1. The molecule has 1 unspecified atom stereocenters. The Morgan fingerprint density at radius 1 is 1.44 bits per heavy atom. The van der Waals surface area contributed by atoms with Crippen LogP contribution in [0.5, 0.6) is 0 Å². The highest BCUT2D eigenvalue weighted by Gasteiger charge is 2.27. The van der Waals surface area contributed by atoms with Gasteiger partial charge in [-0.25, -0.2) is 4.98 Å². The number of nitrogens with zero attached hydrogens (tertiary/aromatic N) is 2. The topological polar surface area (TPSA) is 31.9 Å². The number of piperidine rings is 1. The minimum Gasteiger partial charge on any atom is -0.341 e. The van der Waals surface area contributed by atoms with Gasteiger partial charge in [0.15, 0.2) is 0 Å². The lowest BCUT2D eigenvalue weighted by molar-refractivity contribution is 0.144. The molecule has 1 aromatic carbocycles. The van der Waals surface area contributed by atoms with Crippen molar-refractivity contribution in [1.82, 2.24) is 14.9 Å². The Hall–Kier alpha value is -1.06. The van der Waals surface area contributed by atoms with Crippen molar-refractivity contribution in [2.24, 2.45) is 5.92 Å². The van der Waals surface area contributed by atoms with Crippen molar-refractivity contribution in [3.8, 4) is 0 Å². The van der Waals surface area contributed by atoms with E-state index in [-0.39, 0.29) is 0 Å². The van der Waals surface area contributed by atoms with Gasteiger partial charge in [0.2, 0.25) is 0 Å². The van der Waals surface area contributed by atoms with Crippen LogP contribution in [-0.4, -0.2) is 28.5 Å². The van der Waals surface area contributed by atoms with E-state index in [1.165, 1.54) is 12.8 Å². The van der Waals surface area contributed by atoms with Gasteiger partial charge in [-0.05, 0) is 50.6 Å². The molecule has 0 aliphatic carbocycles. The first-order valence-electron chi connectivity index (χ1n) is 6.49. The van der Waals surface area contributed by atoms with Crippen LogP contribution in [0, 0.1) is 5.92 Å². The Bertz CT molecular complexity index is 563. The number of imidazole rings is 1. The second kappa shape index (κ2) is 4.56. The summed E-state index contributed by atoms with van der Waals surface area (Å²) >= 11 is 6.01. The van der Waals surface area contributed by atoms with Gasteiger partial charge >= 0.3 is 0 Å². The molecule has 2 aromatic rings. The normalized spacial score (nSPS) is 25.7. The van der Waals surface area contributed by atoms with Crippen LogP contribution in [0.1, 0.15) is 31.6 Å². The first kappa shape index (κ1) is 12.0. The molecule has 1 aliphatic heterocycles. The zero-order chi connectivity index (χ0) is 12.7. The standard InChI is InChI=1S/C14H18ClN3/c1-9-5-6-18(2)13(7-9)14-16-11-4-3-10(15)8-12(11)17-14/h3-4,8-9,13H,5-7H2,1-2H3,(H,16,17)/t9?,13-/m1/s1. The molecular formula is C14H18ClN3. The first-order chi connectivity index (χ1) is 8.63. The summed E-state index contributed by atoms with van der Waals surface area (Å²) in [5, 5.41) is 0.753. The van der Waals surface area contributed by atoms with Gasteiger partial charge < -0.3 is 4.98 Å². The Kier molecular flexibility index (Phi) is 3.04. The lowest BCUT2D eigenvalue weighted by atomic mass is 9.92. The maximum absolute atomic E-state index is 6.01. The van der Waals surface area contributed by atoms with E-state index in [1.807, 2.05) is 18.2 Å². The monoisotopic (exact) mass is 263 g/mol. The number of hydrogen-bond acceptors (Lipinski definition) is 2. The number of hydrogen-bond donors (Lipinski definition) is 1. The molecule has 96 valence electrons. The maximum atomic E-state index is 6.01. The highest BCUT2D eigenvalue weighted by Crippen LogP contribution is 2.32. The summed E-state index contributed by atoms with van der Waals surface area (Å²) in [7, 11) is 2.18. The van der Waals surface area contributed by atoms with Gasteiger partial charge in [0, 0.05) is 5.02 Å². The van der Waals surface area contributed by atoms with E-state index >= 15 is 0 Å². The summed E-state index contributed by atoms with van der Waals surface area (Å²) < 4.78 is 0. The summed E-state index contributed by atoms with van der Waals surface area (Å²) in [6, 6.07) is 6.21. The van der Waals surface area contributed by atoms with Crippen molar-refractivity contribution in [3.63, 3.8) is 0 Å². The van der Waals surface area contributed by atoms with E-state index < -0.39 is 0 Å². The van der Waals surface area contributed by atoms with Gasteiger partial charge in [0.25, 0.3) is 0 Å². The van der Waals surface area contributed by atoms with Crippen LogP contribution in [0.3, 0.4) is 0 Å². The quantitative estimate of drug-likeness (QED) is 0.852. The van der Waals surface area contributed by atoms with E-state index in [0.717, 1.165) is 34.3 Å². The number of fused-ring (bicyclic) bond motifs is 1. The average molecular weight is 264 g/mol. The number of aromatic nitrogens is 2. The molecule has 1 aromatic heterocycles. The zero-order valence-electron chi connectivity index (χ0n) is 10.8.